The Morgan fingerprint density at radius 2 is 2.11 bits per heavy atom. The van der Waals surface area contributed by atoms with Crippen molar-refractivity contribution in [2.45, 2.75) is 38.6 Å². The van der Waals surface area contributed by atoms with Gasteiger partial charge in [0.1, 0.15) is 0 Å². The van der Waals surface area contributed by atoms with Gasteiger partial charge in [0.15, 0.2) is 0 Å². The van der Waals surface area contributed by atoms with E-state index in [1.54, 1.807) is 0 Å². The van der Waals surface area contributed by atoms with E-state index in [9.17, 15) is 4.79 Å². The van der Waals surface area contributed by atoms with Crippen molar-refractivity contribution < 1.29 is 9.53 Å². The summed E-state index contributed by atoms with van der Waals surface area (Å²) in [6, 6.07) is 10.7. The zero-order chi connectivity index (χ0) is 13.5. The lowest BCUT2D eigenvalue weighted by atomic mass is 10.0. The van der Waals surface area contributed by atoms with Crippen LogP contribution >= 0.6 is 0 Å². The Morgan fingerprint density at radius 3 is 2.74 bits per heavy atom. The molecule has 1 N–H and O–H groups in total. The number of hydrogen-bond donors (Lipinski definition) is 1. The zero-order valence-corrected chi connectivity index (χ0v) is 11.6. The zero-order valence-electron chi connectivity index (χ0n) is 11.6. The molecule has 1 aliphatic rings. The van der Waals surface area contributed by atoms with E-state index < -0.39 is 0 Å². The molecule has 0 aliphatic heterocycles. The normalized spacial score (nSPS) is 16.1. The van der Waals surface area contributed by atoms with Crippen molar-refractivity contribution >= 4 is 5.91 Å². The molecule has 0 saturated heterocycles. The molecule has 1 aliphatic carbocycles. The molecule has 1 fully saturated rings. The maximum absolute atomic E-state index is 11.9. The van der Waals surface area contributed by atoms with E-state index in [1.807, 2.05) is 13.0 Å². The van der Waals surface area contributed by atoms with Gasteiger partial charge in [-0.1, -0.05) is 30.3 Å². The second kappa shape index (κ2) is 7.29. The van der Waals surface area contributed by atoms with Crippen LogP contribution in [0.2, 0.25) is 0 Å². The van der Waals surface area contributed by atoms with Crippen LogP contribution in [0, 0.1) is 5.92 Å². The summed E-state index contributed by atoms with van der Waals surface area (Å²) in [5, 5.41) is 3.17. The van der Waals surface area contributed by atoms with Crippen LogP contribution in [0.4, 0.5) is 0 Å². The summed E-state index contributed by atoms with van der Waals surface area (Å²) in [6.45, 7) is 3.13. The highest BCUT2D eigenvalue weighted by Gasteiger charge is 2.32. The van der Waals surface area contributed by atoms with Gasteiger partial charge in [0, 0.05) is 19.1 Å². The fourth-order valence-electron chi connectivity index (χ4n) is 2.29. The van der Waals surface area contributed by atoms with E-state index in [1.165, 1.54) is 18.4 Å². The standard InChI is InChI=1S/C16H23NO2/c1-2-19-11-10-16(18)17-15(14-8-9-14)12-13-6-4-3-5-7-13/h3-7,14-15H,2,8-12H2,1H3,(H,17,18)/t15-/m1/s1. The van der Waals surface area contributed by atoms with Crippen LogP contribution in [0.25, 0.3) is 0 Å². The molecule has 0 aromatic heterocycles. The minimum atomic E-state index is 0.112. The first kappa shape index (κ1) is 14.1. The molecule has 19 heavy (non-hydrogen) atoms. The number of nitrogens with one attached hydrogen (secondary N) is 1. The van der Waals surface area contributed by atoms with Gasteiger partial charge in [0.25, 0.3) is 0 Å². The SMILES string of the molecule is CCOCCC(=O)N[C@H](Cc1ccccc1)C1CC1. The minimum Gasteiger partial charge on any atom is -0.381 e. The van der Waals surface area contributed by atoms with Crippen LogP contribution in [0.5, 0.6) is 0 Å². The van der Waals surface area contributed by atoms with Crippen LogP contribution < -0.4 is 5.32 Å². The Morgan fingerprint density at radius 1 is 1.37 bits per heavy atom. The average Bonchev–Trinajstić information content (AvgIpc) is 3.24. The van der Waals surface area contributed by atoms with Gasteiger partial charge in [-0.15, -0.1) is 0 Å². The molecule has 1 aromatic carbocycles. The minimum absolute atomic E-state index is 0.112. The number of carbonyl (C=O) groups excluding carboxylic acids is 1. The number of benzene rings is 1. The van der Waals surface area contributed by atoms with Crippen molar-refractivity contribution in [3.8, 4) is 0 Å². The Balaban J connectivity index is 1.81. The highest BCUT2D eigenvalue weighted by Crippen LogP contribution is 2.34. The second-order valence-corrected chi connectivity index (χ2v) is 5.15. The van der Waals surface area contributed by atoms with E-state index in [-0.39, 0.29) is 11.9 Å². The first-order valence-corrected chi connectivity index (χ1v) is 7.20. The molecule has 1 atom stereocenters. The Hall–Kier alpha value is -1.35. The molecule has 0 heterocycles. The summed E-state index contributed by atoms with van der Waals surface area (Å²) in [5.41, 5.74) is 1.30. The van der Waals surface area contributed by atoms with Gasteiger partial charge in [-0.25, -0.2) is 0 Å². The summed E-state index contributed by atoms with van der Waals surface area (Å²) in [5.74, 6) is 0.775. The molecule has 1 saturated carbocycles. The van der Waals surface area contributed by atoms with E-state index in [0.29, 0.717) is 25.6 Å². The van der Waals surface area contributed by atoms with E-state index in [4.69, 9.17) is 4.74 Å². The molecule has 1 aromatic rings. The topological polar surface area (TPSA) is 38.3 Å². The van der Waals surface area contributed by atoms with Crippen molar-refractivity contribution in [2.75, 3.05) is 13.2 Å². The Kier molecular flexibility index (Phi) is 5.40. The predicted octanol–water partition coefficient (Wildman–Crippen LogP) is 2.55. The van der Waals surface area contributed by atoms with Crippen molar-refractivity contribution in [3.63, 3.8) is 0 Å². The maximum atomic E-state index is 11.9. The van der Waals surface area contributed by atoms with Gasteiger partial charge >= 0.3 is 0 Å². The second-order valence-electron chi connectivity index (χ2n) is 5.15. The summed E-state index contributed by atoms with van der Waals surface area (Å²) in [7, 11) is 0. The monoisotopic (exact) mass is 261 g/mol. The lowest BCUT2D eigenvalue weighted by Crippen LogP contribution is -2.38. The van der Waals surface area contributed by atoms with Crippen molar-refractivity contribution in [2.24, 2.45) is 5.92 Å². The highest BCUT2D eigenvalue weighted by atomic mass is 16.5. The Bertz CT molecular complexity index is 387. The predicted molar refractivity (Wildman–Crippen MR) is 75.9 cm³/mol. The number of hydrogen-bond acceptors (Lipinski definition) is 2. The van der Waals surface area contributed by atoms with Crippen molar-refractivity contribution in [3.05, 3.63) is 35.9 Å². The van der Waals surface area contributed by atoms with E-state index in [0.717, 1.165) is 6.42 Å². The largest absolute Gasteiger partial charge is 0.381 e. The molecule has 2 rings (SSSR count). The molecule has 104 valence electrons. The summed E-state index contributed by atoms with van der Waals surface area (Å²) >= 11 is 0. The lowest BCUT2D eigenvalue weighted by Gasteiger charge is -2.18. The smallest absolute Gasteiger partial charge is 0.222 e. The summed E-state index contributed by atoms with van der Waals surface area (Å²) in [6.07, 6.45) is 3.88. The van der Waals surface area contributed by atoms with Gasteiger partial charge in [-0.05, 0) is 37.7 Å². The van der Waals surface area contributed by atoms with Crippen molar-refractivity contribution in [1.29, 1.82) is 0 Å². The number of carbonyl (C=O) groups is 1. The van der Waals surface area contributed by atoms with Crippen LogP contribution in [-0.2, 0) is 16.0 Å². The lowest BCUT2D eigenvalue weighted by molar-refractivity contribution is -0.123. The van der Waals surface area contributed by atoms with E-state index >= 15 is 0 Å². The fourth-order valence-corrected chi connectivity index (χ4v) is 2.29. The number of rotatable bonds is 8. The molecule has 0 bridgehead atoms. The van der Waals surface area contributed by atoms with Crippen molar-refractivity contribution in [1.82, 2.24) is 5.32 Å². The molecular weight excluding hydrogens is 238 g/mol. The first-order chi connectivity index (χ1) is 9.29. The molecular formula is C16H23NO2. The third-order valence-electron chi connectivity index (χ3n) is 3.51. The summed E-state index contributed by atoms with van der Waals surface area (Å²) in [4.78, 5) is 11.9. The molecule has 3 heteroatoms. The number of amides is 1. The van der Waals surface area contributed by atoms with Gasteiger partial charge < -0.3 is 10.1 Å². The van der Waals surface area contributed by atoms with Gasteiger partial charge in [0.2, 0.25) is 5.91 Å². The van der Waals surface area contributed by atoms with Crippen LogP contribution in [-0.4, -0.2) is 25.2 Å². The third kappa shape index (κ3) is 5.03. The molecule has 0 radical (unpaired) electrons. The van der Waals surface area contributed by atoms with Crippen LogP contribution in [0.3, 0.4) is 0 Å². The first-order valence-electron chi connectivity index (χ1n) is 7.20. The molecule has 0 spiro atoms. The molecule has 0 unspecified atom stereocenters. The van der Waals surface area contributed by atoms with Crippen LogP contribution in [0.15, 0.2) is 30.3 Å². The molecule has 1 amide bonds. The third-order valence-corrected chi connectivity index (χ3v) is 3.51. The molecule has 3 nitrogen and oxygen atoms in total. The average molecular weight is 261 g/mol. The van der Waals surface area contributed by atoms with Gasteiger partial charge in [-0.3, -0.25) is 4.79 Å². The van der Waals surface area contributed by atoms with Crippen LogP contribution in [0.1, 0.15) is 31.7 Å². The highest BCUT2D eigenvalue weighted by molar-refractivity contribution is 5.76. The summed E-state index contributed by atoms with van der Waals surface area (Å²) < 4.78 is 5.22. The maximum Gasteiger partial charge on any atom is 0.222 e. The Labute approximate surface area is 115 Å². The van der Waals surface area contributed by atoms with Gasteiger partial charge in [-0.2, -0.15) is 0 Å². The number of ether oxygens (including phenoxy) is 1. The fraction of sp³-hybridized carbons (Fsp3) is 0.562. The quantitative estimate of drug-likeness (QED) is 0.730. The van der Waals surface area contributed by atoms with E-state index in [2.05, 4.69) is 29.6 Å². The van der Waals surface area contributed by atoms with Gasteiger partial charge in [0.05, 0.1) is 6.61 Å².